The fourth-order valence-corrected chi connectivity index (χ4v) is 1.51. The molecule has 1 aromatic rings. The van der Waals surface area contributed by atoms with E-state index in [0.29, 0.717) is 5.15 Å². The van der Waals surface area contributed by atoms with Gasteiger partial charge in [-0.15, -0.1) is 12.4 Å². The SMILES string of the molecule is CCCC[C@H](N)c1cccnc1Cl.Cl. The largest absolute Gasteiger partial charge is 0.324 e. The van der Waals surface area contributed by atoms with E-state index in [0.717, 1.165) is 24.8 Å². The highest BCUT2D eigenvalue weighted by molar-refractivity contribution is 6.30. The number of nitrogens with two attached hydrogens (primary N) is 1. The first-order valence-electron chi connectivity index (χ1n) is 4.61. The van der Waals surface area contributed by atoms with Gasteiger partial charge in [-0.05, 0) is 12.5 Å². The molecule has 80 valence electrons. The van der Waals surface area contributed by atoms with Crippen molar-refractivity contribution in [3.05, 3.63) is 29.0 Å². The molecule has 0 fully saturated rings. The van der Waals surface area contributed by atoms with E-state index in [4.69, 9.17) is 17.3 Å². The van der Waals surface area contributed by atoms with Gasteiger partial charge in [0.15, 0.2) is 0 Å². The number of nitrogens with zero attached hydrogens (tertiary/aromatic N) is 1. The minimum atomic E-state index is 0. The van der Waals surface area contributed by atoms with Crippen LogP contribution in [0.15, 0.2) is 18.3 Å². The van der Waals surface area contributed by atoms with Crippen LogP contribution in [0.3, 0.4) is 0 Å². The molecule has 0 radical (unpaired) electrons. The molecule has 0 saturated heterocycles. The summed E-state index contributed by atoms with van der Waals surface area (Å²) in [5, 5.41) is 0.533. The molecule has 1 aromatic heterocycles. The molecule has 0 spiro atoms. The van der Waals surface area contributed by atoms with E-state index in [1.807, 2.05) is 12.1 Å². The lowest BCUT2D eigenvalue weighted by molar-refractivity contribution is 0.602. The lowest BCUT2D eigenvalue weighted by Gasteiger charge is -2.11. The summed E-state index contributed by atoms with van der Waals surface area (Å²) >= 11 is 5.91. The Labute approximate surface area is 96.3 Å². The average Bonchev–Trinajstić information content (AvgIpc) is 2.15. The van der Waals surface area contributed by atoms with E-state index >= 15 is 0 Å². The van der Waals surface area contributed by atoms with Crippen molar-refractivity contribution in [1.82, 2.24) is 4.98 Å². The third kappa shape index (κ3) is 3.82. The van der Waals surface area contributed by atoms with Gasteiger partial charge in [0, 0.05) is 17.8 Å². The molecule has 1 heterocycles. The molecule has 4 heteroatoms. The standard InChI is InChI=1S/C10H15ClN2.ClH/c1-2-3-6-9(12)8-5-4-7-13-10(8)11;/h4-5,7,9H,2-3,6,12H2,1H3;1H/t9-;/m0./s1. The fraction of sp³-hybridized carbons (Fsp3) is 0.500. The summed E-state index contributed by atoms with van der Waals surface area (Å²) < 4.78 is 0. The summed E-state index contributed by atoms with van der Waals surface area (Å²) in [6.45, 7) is 2.15. The average molecular weight is 235 g/mol. The maximum absolute atomic E-state index is 5.96. The summed E-state index contributed by atoms with van der Waals surface area (Å²) in [6.07, 6.45) is 4.94. The summed E-state index contributed by atoms with van der Waals surface area (Å²) in [5.74, 6) is 0. The number of unbranched alkanes of at least 4 members (excludes halogenated alkanes) is 1. The van der Waals surface area contributed by atoms with Crippen LogP contribution in [0.25, 0.3) is 0 Å². The van der Waals surface area contributed by atoms with Gasteiger partial charge in [0.1, 0.15) is 5.15 Å². The number of hydrogen-bond donors (Lipinski definition) is 1. The van der Waals surface area contributed by atoms with Crippen LogP contribution in [0.5, 0.6) is 0 Å². The third-order valence-corrected chi connectivity index (χ3v) is 2.37. The summed E-state index contributed by atoms with van der Waals surface area (Å²) in [6, 6.07) is 3.84. The number of hydrogen-bond acceptors (Lipinski definition) is 2. The monoisotopic (exact) mass is 234 g/mol. The van der Waals surface area contributed by atoms with Crippen LogP contribution >= 0.6 is 24.0 Å². The molecule has 14 heavy (non-hydrogen) atoms. The zero-order chi connectivity index (χ0) is 9.68. The van der Waals surface area contributed by atoms with Gasteiger partial charge in [0.05, 0.1) is 0 Å². The van der Waals surface area contributed by atoms with E-state index in [1.54, 1.807) is 6.20 Å². The third-order valence-electron chi connectivity index (χ3n) is 2.06. The molecule has 0 aliphatic rings. The van der Waals surface area contributed by atoms with Crippen molar-refractivity contribution >= 4 is 24.0 Å². The predicted octanol–water partition coefficient (Wildman–Crippen LogP) is 3.35. The highest BCUT2D eigenvalue weighted by atomic mass is 35.5. The van der Waals surface area contributed by atoms with Gasteiger partial charge < -0.3 is 5.73 Å². The Hall–Kier alpha value is -0.310. The lowest BCUT2D eigenvalue weighted by Crippen LogP contribution is -2.10. The number of rotatable bonds is 4. The van der Waals surface area contributed by atoms with Gasteiger partial charge in [-0.1, -0.05) is 37.4 Å². The first kappa shape index (κ1) is 13.7. The van der Waals surface area contributed by atoms with Crippen molar-refractivity contribution < 1.29 is 0 Å². The van der Waals surface area contributed by atoms with Crippen LogP contribution in [0.2, 0.25) is 5.15 Å². The van der Waals surface area contributed by atoms with E-state index in [1.165, 1.54) is 0 Å². The molecule has 1 rings (SSSR count). The zero-order valence-corrected chi connectivity index (χ0v) is 9.81. The second-order valence-electron chi connectivity index (χ2n) is 3.13. The van der Waals surface area contributed by atoms with Crippen LogP contribution in [0.4, 0.5) is 0 Å². The molecular weight excluding hydrogens is 219 g/mol. The molecule has 0 unspecified atom stereocenters. The molecule has 0 aromatic carbocycles. The molecule has 1 atom stereocenters. The van der Waals surface area contributed by atoms with E-state index < -0.39 is 0 Å². The molecule has 0 bridgehead atoms. The van der Waals surface area contributed by atoms with Crippen LogP contribution in [0.1, 0.15) is 37.8 Å². The van der Waals surface area contributed by atoms with Crippen LogP contribution in [-0.2, 0) is 0 Å². The topological polar surface area (TPSA) is 38.9 Å². The molecular formula is C10H16Cl2N2. The van der Waals surface area contributed by atoms with Gasteiger partial charge in [-0.3, -0.25) is 0 Å². The molecule has 0 aliphatic carbocycles. The van der Waals surface area contributed by atoms with Gasteiger partial charge in [-0.2, -0.15) is 0 Å². The summed E-state index contributed by atoms with van der Waals surface area (Å²) in [4.78, 5) is 3.99. The van der Waals surface area contributed by atoms with Crippen molar-refractivity contribution in [2.75, 3.05) is 0 Å². The second-order valence-corrected chi connectivity index (χ2v) is 3.49. The van der Waals surface area contributed by atoms with E-state index in [2.05, 4.69) is 11.9 Å². The molecule has 2 nitrogen and oxygen atoms in total. The number of halogens is 2. The van der Waals surface area contributed by atoms with Crippen molar-refractivity contribution in [1.29, 1.82) is 0 Å². The zero-order valence-electron chi connectivity index (χ0n) is 8.24. The molecule has 0 saturated carbocycles. The van der Waals surface area contributed by atoms with Gasteiger partial charge in [-0.25, -0.2) is 4.98 Å². The van der Waals surface area contributed by atoms with Crippen molar-refractivity contribution in [3.8, 4) is 0 Å². The molecule has 2 N–H and O–H groups in total. The van der Waals surface area contributed by atoms with Gasteiger partial charge in [0.25, 0.3) is 0 Å². The first-order chi connectivity index (χ1) is 6.25. The Bertz CT molecular complexity index is 266. The Morgan fingerprint density at radius 3 is 2.86 bits per heavy atom. The van der Waals surface area contributed by atoms with Crippen molar-refractivity contribution in [2.45, 2.75) is 32.2 Å². The van der Waals surface area contributed by atoms with Crippen molar-refractivity contribution in [3.63, 3.8) is 0 Å². The predicted molar refractivity (Wildman–Crippen MR) is 62.9 cm³/mol. The Balaban J connectivity index is 0.00000169. The smallest absolute Gasteiger partial charge is 0.133 e. The van der Waals surface area contributed by atoms with Gasteiger partial charge in [0.2, 0.25) is 0 Å². The normalized spacial score (nSPS) is 11.9. The summed E-state index contributed by atoms with van der Waals surface area (Å²) in [5.41, 5.74) is 6.91. The quantitative estimate of drug-likeness (QED) is 0.813. The summed E-state index contributed by atoms with van der Waals surface area (Å²) in [7, 11) is 0. The maximum atomic E-state index is 5.96. The second kappa shape index (κ2) is 7.04. The van der Waals surface area contributed by atoms with Crippen LogP contribution < -0.4 is 5.73 Å². The van der Waals surface area contributed by atoms with Crippen LogP contribution in [-0.4, -0.2) is 4.98 Å². The number of aromatic nitrogens is 1. The lowest BCUT2D eigenvalue weighted by atomic mass is 10.0. The first-order valence-corrected chi connectivity index (χ1v) is 4.99. The molecule has 0 aliphatic heterocycles. The number of pyridine rings is 1. The Kier molecular flexibility index (Phi) is 6.89. The van der Waals surface area contributed by atoms with Crippen molar-refractivity contribution in [2.24, 2.45) is 5.73 Å². The highest BCUT2D eigenvalue weighted by Crippen LogP contribution is 2.22. The maximum Gasteiger partial charge on any atom is 0.133 e. The Morgan fingerprint density at radius 2 is 2.29 bits per heavy atom. The Morgan fingerprint density at radius 1 is 1.57 bits per heavy atom. The fourth-order valence-electron chi connectivity index (χ4n) is 1.25. The van der Waals surface area contributed by atoms with Crippen LogP contribution in [0, 0.1) is 0 Å². The highest BCUT2D eigenvalue weighted by Gasteiger charge is 2.09. The minimum Gasteiger partial charge on any atom is -0.324 e. The van der Waals surface area contributed by atoms with E-state index in [-0.39, 0.29) is 18.4 Å². The minimum absolute atomic E-state index is 0. The molecule has 0 amide bonds. The van der Waals surface area contributed by atoms with Gasteiger partial charge >= 0.3 is 0 Å². The van der Waals surface area contributed by atoms with E-state index in [9.17, 15) is 0 Å².